The van der Waals surface area contributed by atoms with Gasteiger partial charge >= 0.3 is 0 Å². The molecule has 0 spiro atoms. The number of hydrogen-bond donors (Lipinski definition) is 2. The lowest BCUT2D eigenvalue weighted by molar-refractivity contribution is 0.271. The summed E-state index contributed by atoms with van der Waals surface area (Å²) in [6.07, 6.45) is 0. The van der Waals surface area contributed by atoms with Crippen molar-refractivity contribution >= 4 is 29.9 Å². The Balaban J connectivity index is 0.00000392. The fourth-order valence-corrected chi connectivity index (χ4v) is 2.41. The zero-order chi connectivity index (χ0) is 19.6. The summed E-state index contributed by atoms with van der Waals surface area (Å²) in [5.74, 6) is 3.11. The molecular weight excluding hydrogens is 469 g/mol. The third-order valence-corrected chi connectivity index (χ3v) is 3.84. The number of ether oxygens (including phenoxy) is 3. The Morgan fingerprint density at radius 1 is 1.04 bits per heavy atom. The standard InChI is InChI=1S/C21H29N3O3.HI/c1-15(2)14-27-18-7-5-6-16(10-18)12-23-21(22)24-13-17-8-9-19(25-3)20(11-17)26-4;/h5-11,15H,12-14H2,1-4H3,(H3,22,23,24);1H. The third-order valence-electron chi connectivity index (χ3n) is 3.84. The van der Waals surface area contributed by atoms with Crippen molar-refractivity contribution < 1.29 is 14.2 Å². The summed E-state index contributed by atoms with van der Waals surface area (Å²) in [5, 5.41) is 3.11. The summed E-state index contributed by atoms with van der Waals surface area (Å²) < 4.78 is 16.3. The summed E-state index contributed by atoms with van der Waals surface area (Å²) in [6.45, 7) is 5.98. The number of nitrogens with zero attached hydrogens (tertiary/aromatic N) is 1. The smallest absolute Gasteiger partial charge is 0.189 e. The summed E-state index contributed by atoms with van der Waals surface area (Å²) in [6, 6.07) is 13.7. The minimum absolute atomic E-state index is 0. The van der Waals surface area contributed by atoms with Crippen molar-refractivity contribution in [1.29, 1.82) is 0 Å². The predicted molar refractivity (Wildman–Crippen MR) is 124 cm³/mol. The van der Waals surface area contributed by atoms with Crippen molar-refractivity contribution in [2.75, 3.05) is 20.8 Å². The summed E-state index contributed by atoms with van der Waals surface area (Å²) >= 11 is 0. The molecule has 0 saturated carbocycles. The van der Waals surface area contributed by atoms with Crippen molar-refractivity contribution in [3.63, 3.8) is 0 Å². The molecule has 0 saturated heterocycles. The van der Waals surface area contributed by atoms with E-state index in [0.717, 1.165) is 16.9 Å². The molecule has 0 unspecified atom stereocenters. The van der Waals surface area contributed by atoms with Crippen molar-refractivity contribution in [3.05, 3.63) is 53.6 Å². The number of nitrogens with two attached hydrogens (primary N) is 1. The molecule has 6 nitrogen and oxygen atoms in total. The molecule has 3 N–H and O–H groups in total. The van der Waals surface area contributed by atoms with Crippen LogP contribution in [-0.2, 0) is 13.1 Å². The minimum Gasteiger partial charge on any atom is -0.493 e. The summed E-state index contributed by atoms with van der Waals surface area (Å²) in [5.41, 5.74) is 8.06. The maximum atomic E-state index is 5.98. The van der Waals surface area contributed by atoms with E-state index < -0.39 is 0 Å². The number of nitrogens with one attached hydrogen (secondary N) is 1. The normalized spacial score (nSPS) is 11.0. The van der Waals surface area contributed by atoms with Gasteiger partial charge in [-0.15, -0.1) is 24.0 Å². The number of methoxy groups -OCH3 is 2. The molecular formula is C21H30IN3O3. The Morgan fingerprint density at radius 2 is 1.79 bits per heavy atom. The largest absolute Gasteiger partial charge is 0.493 e. The predicted octanol–water partition coefficient (Wildman–Crippen LogP) is 3.96. The SMILES string of the molecule is COc1ccc(CNC(N)=NCc2cccc(OCC(C)C)c2)cc1OC.I. The van der Waals surface area contributed by atoms with E-state index in [0.29, 0.717) is 43.1 Å². The van der Waals surface area contributed by atoms with Gasteiger partial charge in [-0.2, -0.15) is 0 Å². The number of rotatable bonds is 9. The molecule has 28 heavy (non-hydrogen) atoms. The summed E-state index contributed by atoms with van der Waals surface area (Å²) in [4.78, 5) is 4.39. The van der Waals surface area contributed by atoms with Crippen LogP contribution in [0, 0.1) is 5.92 Å². The Kier molecular flexibility index (Phi) is 10.5. The van der Waals surface area contributed by atoms with Gasteiger partial charge in [-0.25, -0.2) is 4.99 Å². The van der Waals surface area contributed by atoms with Crippen molar-refractivity contribution in [1.82, 2.24) is 5.32 Å². The maximum absolute atomic E-state index is 5.98. The molecule has 0 radical (unpaired) electrons. The van der Waals surface area contributed by atoms with Crippen molar-refractivity contribution in [3.8, 4) is 17.2 Å². The second-order valence-corrected chi connectivity index (χ2v) is 6.60. The van der Waals surface area contributed by atoms with Gasteiger partial charge < -0.3 is 25.3 Å². The van der Waals surface area contributed by atoms with E-state index >= 15 is 0 Å². The van der Waals surface area contributed by atoms with Crippen molar-refractivity contribution in [2.24, 2.45) is 16.6 Å². The van der Waals surface area contributed by atoms with Crippen LogP contribution >= 0.6 is 24.0 Å². The van der Waals surface area contributed by atoms with Gasteiger partial charge in [0.05, 0.1) is 27.4 Å². The second kappa shape index (κ2) is 12.3. The molecule has 0 amide bonds. The number of guanidine groups is 1. The highest BCUT2D eigenvalue weighted by Gasteiger charge is 2.05. The zero-order valence-corrected chi connectivity index (χ0v) is 19.2. The van der Waals surface area contributed by atoms with Crippen LogP contribution in [0.2, 0.25) is 0 Å². The van der Waals surface area contributed by atoms with Crippen LogP contribution in [0.15, 0.2) is 47.5 Å². The molecule has 2 aromatic carbocycles. The summed E-state index contributed by atoms with van der Waals surface area (Å²) in [7, 11) is 3.23. The number of halogens is 1. The van der Waals surface area contributed by atoms with Crippen LogP contribution in [0.1, 0.15) is 25.0 Å². The molecule has 0 atom stereocenters. The first-order valence-corrected chi connectivity index (χ1v) is 8.98. The van der Waals surface area contributed by atoms with Gasteiger partial charge in [0, 0.05) is 6.54 Å². The molecule has 0 fully saturated rings. The highest BCUT2D eigenvalue weighted by Crippen LogP contribution is 2.27. The molecule has 0 heterocycles. The highest BCUT2D eigenvalue weighted by atomic mass is 127. The second-order valence-electron chi connectivity index (χ2n) is 6.60. The van der Waals surface area contributed by atoms with E-state index in [1.165, 1.54) is 0 Å². The third kappa shape index (κ3) is 7.84. The molecule has 0 bridgehead atoms. The van der Waals surface area contributed by atoms with Crippen LogP contribution < -0.4 is 25.3 Å². The van der Waals surface area contributed by atoms with E-state index in [9.17, 15) is 0 Å². The maximum Gasteiger partial charge on any atom is 0.189 e. The van der Waals surface area contributed by atoms with Gasteiger partial charge in [0.15, 0.2) is 17.5 Å². The molecule has 2 rings (SSSR count). The topological polar surface area (TPSA) is 78.1 Å². The molecule has 154 valence electrons. The Morgan fingerprint density at radius 3 is 2.46 bits per heavy atom. The Bertz CT molecular complexity index is 766. The molecule has 0 aliphatic carbocycles. The highest BCUT2D eigenvalue weighted by molar-refractivity contribution is 14.0. The van der Waals surface area contributed by atoms with E-state index in [2.05, 4.69) is 24.2 Å². The van der Waals surface area contributed by atoms with E-state index in [1.807, 2.05) is 42.5 Å². The van der Waals surface area contributed by atoms with Gasteiger partial charge in [-0.3, -0.25) is 0 Å². The van der Waals surface area contributed by atoms with Crippen LogP contribution in [0.3, 0.4) is 0 Å². The van der Waals surface area contributed by atoms with Crippen LogP contribution in [0.4, 0.5) is 0 Å². The van der Waals surface area contributed by atoms with Gasteiger partial charge in [-0.1, -0.05) is 32.0 Å². The molecule has 0 aromatic heterocycles. The van der Waals surface area contributed by atoms with Crippen LogP contribution in [-0.4, -0.2) is 26.8 Å². The number of aliphatic imine (C=N–C) groups is 1. The van der Waals surface area contributed by atoms with Crippen LogP contribution in [0.25, 0.3) is 0 Å². The quantitative estimate of drug-likeness (QED) is 0.310. The Hall–Kier alpha value is -2.16. The first-order chi connectivity index (χ1) is 13.0. The fraction of sp³-hybridized carbons (Fsp3) is 0.381. The van der Waals surface area contributed by atoms with Gasteiger partial charge in [0.2, 0.25) is 0 Å². The monoisotopic (exact) mass is 499 g/mol. The van der Waals surface area contributed by atoms with Crippen LogP contribution in [0.5, 0.6) is 17.2 Å². The lowest BCUT2D eigenvalue weighted by Gasteiger charge is -2.11. The first kappa shape index (κ1) is 23.9. The average Bonchev–Trinajstić information content (AvgIpc) is 2.69. The van der Waals surface area contributed by atoms with Gasteiger partial charge in [0.25, 0.3) is 0 Å². The van der Waals surface area contributed by atoms with Crippen molar-refractivity contribution in [2.45, 2.75) is 26.9 Å². The molecule has 0 aliphatic heterocycles. The van der Waals surface area contributed by atoms with Gasteiger partial charge in [-0.05, 0) is 41.3 Å². The number of hydrogen-bond acceptors (Lipinski definition) is 4. The molecule has 2 aromatic rings. The minimum atomic E-state index is 0. The zero-order valence-electron chi connectivity index (χ0n) is 16.9. The average molecular weight is 499 g/mol. The first-order valence-electron chi connectivity index (χ1n) is 8.98. The van der Waals surface area contributed by atoms with E-state index in [-0.39, 0.29) is 24.0 Å². The molecule has 7 heteroatoms. The molecule has 0 aliphatic rings. The Labute approximate surface area is 184 Å². The lowest BCUT2D eigenvalue weighted by atomic mass is 10.2. The van der Waals surface area contributed by atoms with Gasteiger partial charge in [0.1, 0.15) is 5.75 Å². The van der Waals surface area contributed by atoms with E-state index in [4.69, 9.17) is 19.9 Å². The fourth-order valence-electron chi connectivity index (χ4n) is 2.41. The van der Waals surface area contributed by atoms with E-state index in [1.54, 1.807) is 14.2 Å². The number of benzene rings is 2. The lowest BCUT2D eigenvalue weighted by Crippen LogP contribution is -2.31.